The van der Waals surface area contributed by atoms with Gasteiger partial charge >= 0.3 is 5.97 Å². The fourth-order valence-corrected chi connectivity index (χ4v) is 6.16. The molecule has 6 nitrogen and oxygen atoms in total. The summed E-state index contributed by atoms with van der Waals surface area (Å²) >= 11 is 11.4. The van der Waals surface area contributed by atoms with E-state index in [9.17, 15) is 19.5 Å². The van der Waals surface area contributed by atoms with Gasteiger partial charge in [0, 0.05) is 20.1 Å². The Morgan fingerprint density at radius 2 is 1.72 bits per heavy atom. The molecule has 25 heavy (non-hydrogen) atoms. The van der Waals surface area contributed by atoms with Crippen LogP contribution in [0.1, 0.15) is 36.0 Å². The van der Waals surface area contributed by atoms with Gasteiger partial charge in [-0.05, 0) is 86.7 Å². The molecule has 0 saturated heterocycles. The molecule has 138 valence electrons. The molecule has 0 aliphatic heterocycles. The maximum absolute atomic E-state index is 12.1. The van der Waals surface area contributed by atoms with Crippen molar-refractivity contribution in [2.75, 3.05) is 17.7 Å². The van der Waals surface area contributed by atoms with Gasteiger partial charge in [-0.2, -0.15) is 0 Å². The van der Waals surface area contributed by atoms with Gasteiger partial charge in [0.05, 0.1) is 14.8 Å². The van der Waals surface area contributed by atoms with Crippen LogP contribution >= 0.6 is 79.4 Å². The Morgan fingerprint density at radius 1 is 1.04 bits per heavy atom. The third kappa shape index (κ3) is 7.71. The minimum atomic E-state index is -1.01. The molecule has 0 atom stereocenters. The van der Waals surface area contributed by atoms with Crippen LogP contribution in [0, 0.1) is 10.7 Å². The fraction of sp³-hybridized carbons (Fsp3) is 0.400. The summed E-state index contributed by atoms with van der Waals surface area (Å²) < 4.78 is 1.96. The number of amides is 2. The van der Waals surface area contributed by atoms with E-state index in [0.717, 1.165) is 16.4 Å². The summed E-state index contributed by atoms with van der Waals surface area (Å²) in [6, 6.07) is 1.74. The quantitative estimate of drug-likeness (QED) is 0.206. The van der Waals surface area contributed by atoms with Gasteiger partial charge in [0.1, 0.15) is 5.88 Å². The van der Waals surface area contributed by atoms with Gasteiger partial charge in [0.15, 0.2) is 0 Å². The lowest BCUT2D eigenvalue weighted by Crippen LogP contribution is -2.25. The molecule has 0 heterocycles. The number of hydrogen-bond donors (Lipinski definition) is 3. The summed E-state index contributed by atoms with van der Waals surface area (Å²) in [6.07, 6.45) is 2.60. The Kier molecular flexibility index (Phi) is 10.9. The summed E-state index contributed by atoms with van der Waals surface area (Å²) in [6.45, 7) is 0.544. The monoisotopic (exact) mass is 704 g/mol. The number of hydrogen-bond acceptors (Lipinski definition) is 3. The molecule has 0 aliphatic carbocycles. The molecule has 0 fully saturated rings. The number of carboxylic acid groups (broad SMARTS) is 1. The van der Waals surface area contributed by atoms with Crippen molar-refractivity contribution in [2.45, 2.75) is 25.7 Å². The SMILES string of the molecule is O=C(CCl)NCCCCCC(=O)Nc1c(I)cc(I)c(C(=O)O)c1I. The lowest BCUT2D eigenvalue weighted by Gasteiger charge is -2.13. The predicted octanol–water partition coefficient (Wildman–Crippen LogP) is 4.05. The van der Waals surface area contributed by atoms with E-state index >= 15 is 0 Å². The number of anilines is 1. The second-order valence-corrected chi connectivity index (χ2v) is 8.72. The summed E-state index contributed by atoms with van der Waals surface area (Å²) in [5, 5.41) is 14.8. The van der Waals surface area contributed by atoms with Crippen molar-refractivity contribution in [1.29, 1.82) is 0 Å². The maximum Gasteiger partial charge on any atom is 0.337 e. The number of benzene rings is 1. The molecule has 0 spiro atoms. The lowest BCUT2D eigenvalue weighted by molar-refractivity contribution is -0.119. The van der Waals surface area contributed by atoms with Gasteiger partial charge < -0.3 is 15.7 Å². The first-order valence-corrected chi connectivity index (χ1v) is 11.1. The van der Waals surface area contributed by atoms with E-state index in [1.165, 1.54) is 0 Å². The van der Waals surface area contributed by atoms with Crippen LogP contribution in [0.15, 0.2) is 6.07 Å². The highest BCUT2D eigenvalue weighted by Gasteiger charge is 2.20. The minimum absolute atomic E-state index is 0.0476. The van der Waals surface area contributed by atoms with Gasteiger partial charge in [-0.3, -0.25) is 9.59 Å². The van der Waals surface area contributed by atoms with Crippen LogP contribution < -0.4 is 10.6 Å². The number of halogens is 4. The fourth-order valence-electron chi connectivity index (χ4n) is 1.97. The molecule has 0 aromatic heterocycles. The van der Waals surface area contributed by atoms with Crippen LogP contribution in [-0.4, -0.2) is 35.3 Å². The number of carbonyl (C=O) groups is 3. The summed E-state index contributed by atoms with van der Waals surface area (Å²) in [5.41, 5.74) is 0.741. The highest BCUT2D eigenvalue weighted by molar-refractivity contribution is 14.1. The number of rotatable bonds is 9. The Morgan fingerprint density at radius 3 is 2.32 bits per heavy atom. The van der Waals surface area contributed by atoms with E-state index in [2.05, 4.69) is 33.2 Å². The number of unbranched alkanes of at least 4 members (excludes halogenated alkanes) is 2. The molecule has 0 bridgehead atoms. The van der Waals surface area contributed by atoms with Crippen LogP contribution in [0.4, 0.5) is 5.69 Å². The van der Waals surface area contributed by atoms with Crippen LogP contribution in [0.2, 0.25) is 0 Å². The average molecular weight is 704 g/mol. The molecule has 1 aromatic carbocycles. The zero-order valence-corrected chi connectivity index (χ0v) is 20.2. The topological polar surface area (TPSA) is 95.5 Å². The third-order valence-electron chi connectivity index (χ3n) is 3.17. The molecule has 0 radical (unpaired) electrons. The van der Waals surface area contributed by atoms with E-state index in [4.69, 9.17) is 11.6 Å². The van der Waals surface area contributed by atoms with Crippen molar-refractivity contribution in [3.63, 3.8) is 0 Å². The Hall–Kier alpha value is 0.110. The average Bonchev–Trinajstić information content (AvgIpc) is 2.53. The van der Waals surface area contributed by atoms with Crippen molar-refractivity contribution in [1.82, 2.24) is 5.32 Å². The van der Waals surface area contributed by atoms with Crippen LogP contribution in [0.25, 0.3) is 0 Å². The molecule has 10 heteroatoms. The second kappa shape index (κ2) is 11.7. The normalized spacial score (nSPS) is 10.4. The molecular weight excluding hydrogens is 688 g/mol. The number of carboxylic acids is 1. The lowest BCUT2D eigenvalue weighted by atomic mass is 10.1. The van der Waals surface area contributed by atoms with E-state index < -0.39 is 5.97 Å². The number of carbonyl (C=O) groups excluding carboxylic acids is 2. The Labute approximate surface area is 191 Å². The van der Waals surface area contributed by atoms with E-state index in [-0.39, 0.29) is 23.3 Å². The molecule has 0 unspecified atom stereocenters. The number of nitrogens with one attached hydrogen (secondary N) is 2. The first-order valence-electron chi connectivity index (χ1n) is 7.31. The predicted molar refractivity (Wildman–Crippen MR) is 122 cm³/mol. The molecule has 1 aromatic rings. The number of aromatic carboxylic acids is 1. The van der Waals surface area contributed by atoms with Crippen molar-refractivity contribution in [2.24, 2.45) is 0 Å². The van der Waals surface area contributed by atoms with Crippen molar-refractivity contribution in [3.05, 3.63) is 22.3 Å². The van der Waals surface area contributed by atoms with Gasteiger partial charge in [-0.15, -0.1) is 11.6 Å². The second-order valence-electron chi connectivity index (χ2n) is 5.05. The smallest absolute Gasteiger partial charge is 0.337 e. The van der Waals surface area contributed by atoms with Crippen LogP contribution in [0.3, 0.4) is 0 Å². The van der Waals surface area contributed by atoms with Crippen molar-refractivity contribution < 1.29 is 19.5 Å². The van der Waals surface area contributed by atoms with Gasteiger partial charge in [-0.25, -0.2) is 4.79 Å². The standard InChI is InChI=1S/C15H16ClI3N2O4/c16-7-11(23)20-5-3-1-2-4-10(22)21-14-9(18)6-8(17)12(13(14)19)15(24)25/h6H,1-5,7H2,(H,20,23)(H,21,22)(H,24,25). The Balaban J connectivity index is 2.54. The van der Waals surface area contributed by atoms with Crippen LogP contribution in [-0.2, 0) is 9.59 Å². The van der Waals surface area contributed by atoms with Gasteiger partial charge in [0.25, 0.3) is 0 Å². The molecule has 3 N–H and O–H groups in total. The summed E-state index contributed by atoms with van der Waals surface area (Å²) in [7, 11) is 0. The minimum Gasteiger partial charge on any atom is -0.478 e. The van der Waals surface area contributed by atoms with Crippen molar-refractivity contribution >= 4 is 103 Å². The first kappa shape index (κ1) is 23.1. The van der Waals surface area contributed by atoms with Gasteiger partial charge in [-0.1, -0.05) is 6.42 Å². The first-order chi connectivity index (χ1) is 11.8. The van der Waals surface area contributed by atoms with Crippen molar-refractivity contribution in [3.8, 4) is 0 Å². The van der Waals surface area contributed by atoms with E-state index in [1.807, 2.05) is 45.2 Å². The van der Waals surface area contributed by atoms with E-state index in [0.29, 0.717) is 32.2 Å². The summed E-state index contributed by atoms with van der Waals surface area (Å²) in [4.78, 5) is 34.5. The van der Waals surface area contributed by atoms with E-state index in [1.54, 1.807) is 6.07 Å². The molecule has 1 rings (SSSR count). The highest BCUT2D eigenvalue weighted by atomic mass is 127. The molecule has 0 saturated carbocycles. The molecule has 2 amide bonds. The summed E-state index contributed by atoms with van der Waals surface area (Å²) in [5.74, 6) is -1.41. The molecule has 0 aliphatic rings. The zero-order valence-electron chi connectivity index (χ0n) is 13.0. The van der Waals surface area contributed by atoms with Gasteiger partial charge in [0.2, 0.25) is 11.8 Å². The highest BCUT2D eigenvalue weighted by Crippen LogP contribution is 2.32. The largest absolute Gasteiger partial charge is 0.478 e. The maximum atomic E-state index is 12.1. The third-order valence-corrected chi connectivity index (χ3v) is 6.20. The Bertz CT molecular complexity index is 671. The zero-order chi connectivity index (χ0) is 19.0. The van der Waals surface area contributed by atoms with Crippen LogP contribution in [0.5, 0.6) is 0 Å². The number of alkyl halides is 1. The molecular formula is C15H16ClI3N2O4.